The van der Waals surface area contributed by atoms with E-state index in [0.717, 1.165) is 68.9 Å². The van der Waals surface area contributed by atoms with Crippen molar-refractivity contribution in [2.24, 2.45) is 5.92 Å². The average Bonchev–Trinajstić information content (AvgIpc) is 3.94. The molecule has 2 fully saturated rings. The molecule has 3 aliphatic rings. The molecule has 12 heteroatoms. The van der Waals surface area contributed by atoms with E-state index in [-0.39, 0.29) is 24.1 Å². The number of aromatic amines is 1. The van der Waals surface area contributed by atoms with Crippen molar-refractivity contribution in [1.29, 1.82) is 0 Å². The lowest BCUT2D eigenvalue weighted by molar-refractivity contribution is -0.135. The molecule has 3 aromatic carbocycles. The predicted molar refractivity (Wildman–Crippen MR) is 204 cm³/mol. The van der Waals surface area contributed by atoms with Gasteiger partial charge in [0, 0.05) is 34.8 Å². The van der Waals surface area contributed by atoms with Crippen molar-refractivity contribution in [3.05, 3.63) is 90.4 Å². The minimum Gasteiger partial charge on any atom is -0.465 e. The van der Waals surface area contributed by atoms with Crippen molar-refractivity contribution in [2.45, 2.75) is 83.9 Å². The molecule has 0 bridgehead atoms. The summed E-state index contributed by atoms with van der Waals surface area (Å²) in [5.41, 5.74) is 5.89. The highest BCUT2D eigenvalue weighted by Gasteiger charge is 2.52. The minimum atomic E-state index is -0.690. The standard InChI is InChI=1S/C41H46BN5O6/c1-24(2)35(45-39(49)50-7)37(48)46-19-11-14-32(46)36-43-23-30(44-36)26-15-18-31-27(20-26)21-33-29-17-16-28(42-52-40(3,4)41(5,6)53-42)22-34(29)51-38(47(31)33)25-12-9-8-10-13-25/h8-10,12-13,15-18,20-24,32,35,38H,11,14,19H2,1-7H3,(H,43,44)(H,45,49)/t32-,35-,38?/m0/s1. The monoisotopic (exact) mass is 715 g/mol. The number of nitrogens with zero attached hydrogens (tertiary/aromatic N) is 3. The maximum Gasteiger partial charge on any atom is 0.494 e. The van der Waals surface area contributed by atoms with Crippen LogP contribution >= 0.6 is 0 Å². The normalized spacial score (nSPS) is 20.6. The Hall–Kier alpha value is -5.07. The lowest BCUT2D eigenvalue weighted by Gasteiger charge is -2.32. The Bertz CT molecular complexity index is 2180. The van der Waals surface area contributed by atoms with Crippen LogP contribution in [-0.2, 0) is 18.8 Å². The van der Waals surface area contributed by atoms with Gasteiger partial charge in [-0.1, -0.05) is 56.3 Å². The average molecular weight is 716 g/mol. The Morgan fingerprint density at radius 3 is 2.47 bits per heavy atom. The maximum atomic E-state index is 13.7. The van der Waals surface area contributed by atoms with Crippen LogP contribution in [0.15, 0.2) is 79.0 Å². The largest absolute Gasteiger partial charge is 0.494 e. The topological polar surface area (TPSA) is 120 Å². The Morgan fingerprint density at radius 2 is 1.75 bits per heavy atom. The van der Waals surface area contributed by atoms with Crippen LogP contribution < -0.4 is 15.5 Å². The van der Waals surface area contributed by atoms with Gasteiger partial charge in [-0.05, 0) is 82.2 Å². The number of ether oxygens (including phenoxy) is 2. The van der Waals surface area contributed by atoms with Gasteiger partial charge in [0.2, 0.25) is 12.1 Å². The third-order valence-electron chi connectivity index (χ3n) is 11.3. The highest BCUT2D eigenvalue weighted by Crippen LogP contribution is 2.45. The van der Waals surface area contributed by atoms with Crippen LogP contribution in [0.4, 0.5) is 4.79 Å². The molecule has 2 aromatic heterocycles. The maximum absolute atomic E-state index is 13.7. The number of benzene rings is 3. The van der Waals surface area contributed by atoms with E-state index in [0.29, 0.717) is 6.54 Å². The van der Waals surface area contributed by atoms with E-state index in [1.807, 2.05) is 43.1 Å². The number of fused-ring (bicyclic) bond motifs is 5. The van der Waals surface area contributed by atoms with Crippen LogP contribution in [0.5, 0.6) is 5.75 Å². The molecule has 2 N–H and O–H groups in total. The molecule has 5 heterocycles. The first-order chi connectivity index (χ1) is 25.3. The third kappa shape index (κ3) is 6.07. The number of likely N-dealkylation sites (tertiary alicyclic amines) is 1. The molecule has 274 valence electrons. The number of hydrogen-bond donors (Lipinski definition) is 2. The van der Waals surface area contributed by atoms with E-state index in [9.17, 15) is 9.59 Å². The fourth-order valence-corrected chi connectivity index (χ4v) is 7.69. The second-order valence-electron chi connectivity index (χ2n) is 15.6. The van der Waals surface area contributed by atoms with Gasteiger partial charge in [-0.25, -0.2) is 9.78 Å². The van der Waals surface area contributed by atoms with Gasteiger partial charge in [0.05, 0.1) is 41.3 Å². The van der Waals surface area contributed by atoms with Gasteiger partial charge in [0.1, 0.15) is 17.6 Å². The smallest absolute Gasteiger partial charge is 0.465 e. The quantitative estimate of drug-likeness (QED) is 0.175. The zero-order valence-corrected chi connectivity index (χ0v) is 31.3. The number of methoxy groups -OCH3 is 1. The first-order valence-corrected chi connectivity index (χ1v) is 18.4. The molecule has 5 aromatic rings. The summed E-state index contributed by atoms with van der Waals surface area (Å²) in [6.45, 7) is 12.7. The summed E-state index contributed by atoms with van der Waals surface area (Å²) >= 11 is 0. The first-order valence-electron chi connectivity index (χ1n) is 18.4. The van der Waals surface area contributed by atoms with Gasteiger partial charge < -0.3 is 38.6 Å². The van der Waals surface area contributed by atoms with Crippen molar-refractivity contribution >= 4 is 35.5 Å². The molecule has 2 amide bonds. The van der Waals surface area contributed by atoms with Gasteiger partial charge in [-0.2, -0.15) is 0 Å². The van der Waals surface area contributed by atoms with Crippen molar-refractivity contribution in [2.75, 3.05) is 13.7 Å². The van der Waals surface area contributed by atoms with Crippen LogP contribution in [0.1, 0.15) is 78.0 Å². The Labute approximate surface area is 310 Å². The van der Waals surface area contributed by atoms with E-state index >= 15 is 0 Å². The van der Waals surface area contributed by atoms with Crippen LogP contribution in [-0.4, -0.2) is 69.5 Å². The van der Waals surface area contributed by atoms with Crippen LogP contribution in [0.3, 0.4) is 0 Å². The van der Waals surface area contributed by atoms with Crippen molar-refractivity contribution < 1.29 is 28.4 Å². The van der Waals surface area contributed by atoms with Gasteiger partial charge >= 0.3 is 13.2 Å². The second-order valence-corrected chi connectivity index (χ2v) is 15.6. The molecule has 0 saturated carbocycles. The number of nitrogens with one attached hydrogen (secondary N) is 2. The van der Waals surface area contributed by atoms with Gasteiger partial charge in [-0.3, -0.25) is 4.79 Å². The first kappa shape index (κ1) is 35.0. The number of imidazole rings is 1. The highest BCUT2D eigenvalue weighted by atomic mass is 16.7. The highest BCUT2D eigenvalue weighted by molar-refractivity contribution is 6.62. The molecule has 0 spiro atoms. The zero-order chi connectivity index (χ0) is 37.2. The molecule has 1 unspecified atom stereocenters. The van der Waals surface area contributed by atoms with Gasteiger partial charge in [-0.15, -0.1) is 0 Å². The van der Waals surface area contributed by atoms with E-state index < -0.39 is 30.5 Å². The number of H-pyrrole nitrogens is 1. The third-order valence-corrected chi connectivity index (χ3v) is 11.3. The van der Waals surface area contributed by atoms with Gasteiger partial charge in [0.15, 0.2) is 0 Å². The summed E-state index contributed by atoms with van der Waals surface area (Å²) in [4.78, 5) is 35.9. The van der Waals surface area contributed by atoms with E-state index in [2.05, 4.69) is 97.2 Å². The summed E-state index contributed by atoms with van der Waals surface area (Å²) in [6, 6.07) is 24.2. The summed E-state index contributed by atoms with van der Waals surface area (Å²) in [5, 5.41) is 3.78. The lowest BCUT2D eigenvalue weighted by Crippen LogP contribution is -2.51. The molecule has 0 aliphatic carbocycles. The minimum absolute atomic E-state index is 0.106. The van der Waals surface area contributed by atoms with Crippen LogP contribution in [0.25, 0.3) is 33.4 Å². The number of hydrogen-bond acceptors (Lipinski definition) is 7. The molecular weight excluding hydrogens is 669 g/mol. The summed E-state index contributed by atoms with van der Waals surface area (Å²) in [6.07, 6.45) is 2.53. The Balaban J connectivity index is 1.12. The fraction of sp³-hybridized carbons (Fsp3) is 0.390. The zero-order valence-electron chi connectivity index (χ0n) is 31.3. The fourth-order valence-electron chi connectivity index (χ4n) is 7.69. The SMILES string of the molecule is COC(=O)N[C@H](C(=O)N1CCC[C@H]1c1nc(-c2ccc3c(c2)cc2n3C(c3ccccc3)Oc3cc(B4OC(C)(C)C(C)(C)O4)ccc3-2)c[nH]1)C(C)C. The van der Waals surface area contributed by atoms with E-state index in [1.165, 1.54) is 7.11 Å². The molecule has 8 rings (SSSR count). The summed E-state index contributed by atoms with van der Waals surface area (Å²) < 4.78 is 26.7. The van der Waals surface area contributed by atoms with E-state index in [1.54, 1.807) is 0 Å². The number of aromatic nitrogens is 3. The molecular formula is C41H46BN5O6. The number of rotatable bonds is 7. The van der Waals surface area contributed by atoms with Crippen LogP contribution in [0, 0.1) is 5.92 Å². The predicted octanol–water partition coefficient (Wildman–Crippen LogP) is 6.98. The van der Waals surface area contributed by atoms with Crippen LogP contribution in [0.2, 0.25) is 0 Å². The molecule has 11 nitrogen and oxygen atoms in total. The number of alkyl carbamates (subject to hydrolysis) is 1. The van der Waals surface area contributed by atoms with Crippen molar-refractivity contribution in [1.82, 2.24) is 24.8 Å². The van der Waals surface area contributed by atoms with E-state index in [4.69, 9.17) is 23.8 Å². The van der Waals surface area contributed by atoms with Crippen molar-refractivity contribution in [3.8, 4) is 28.3 Å². The lowest BCUT2D eigenvalue weighted by atomic mass is 9.78. The molecule has 3 atom stereocenters. The molecule has 53 heavy (non-hydrogen) atoms. The summed E-state index contributed by atoms with van der Waals surface area (Å²) in [7, 11) is 0.801. The van der Waals surface area contributed by atoms with Crippen molar-refractivity contribution in [3.63, 3.8) is 0 Å². The number of amides is 2. The molecule has 3 aliphatic heterocycles. The number of carbonyl (C=O) groups excluding carboxylic acids is 2. The Kier molecular flexibility index (Phi) is 8.65. The number of carbonyl (C=O) groups is 2. The summed E-state index contributed by atoms with van der Waals surface area (Å²) in [5.74, 6) is 1.26. The molecule has 2 saturated heterocycles. The second kappa shape index (κ2) is 13.1. The molecule has 0 radical (unpaired) electrons. The van der Waals surface area contributed by atoms with Gasteiger partial charge in [0.25, 0.3) is 0 Å². The Morgan fingerprint density at radius 1 is 1.00 bits per heavy atom.